The third-order valence-electron chi connectivity index (χ3n) is 3.76. The molecule has 5 nitrogen and oxygen atoms in total. The summed E-state index contributed by atoms with van der Waals surface area (Å²) < 4.78 is 6.00. The average molecular weight is 311 g/mol. The molecule has 2 heterocycles. The maximum atomic E-state index is 11.7. The highest BCUT2D eigenvalue weighted by Gasteiger charge is 2.29. The molecule has 0 radical (unpaired) electrons. The molecule has 1 aliphatic carbocycles. The van der Waals surface area contributed by atoms with Gasteiger partial charge in [0.25, 0.3) is 5.91 Å². The van der Waals surface area contributed by atoms with Gasteiger partial charge in [-0.05, 0) is 36.1 Å². The zero-order valence-electron chi connectivity index (χ0n) is 11.6. The summed E-state index contributed by atoms with van der Waals surface area (Å²) in [6.45, 7) is 0. The third kappa shape index (κ3) is 2.00. The number of hydrogen-bond acceptors (Lipinski definition) is 4. The number of benzene rings is 1. The minimum atomic E-state index is -0.410. The largest absolute Gasteiger partial charge is 0.446 e. The number of primary amides is 1. The van der Waals surface area contributed by atoms with Gasteiger partial charge in [-0.1, -0.05) is 29.5 Å². The van der Waals surface area contributed by atoms with Crippen LogP contribution in [0.1, 0.15) is 20.8 Å². The van der Waals surface area contributed by atoms with E-state index in [1.165, 1.54) is 11.3 Å². The quantitative estimate of drug-likeness (QED) is 0.779. The van der Waals surface area contributed by atoms with E-state index >= 15 is 0 Å². The molecule has 1 amide bonds. The van der Waals surface area contributed by atoms with Crippen LogP contribution >= 0.6 is 11.3 Å². The number of amides is 1. The second kappa shape index (κ2) is 4.99. The average Bonchev–Trinajstić information content (AvgIpc) is 3.12. The van der Waals surface area contributed by atoms with Gasteiger partial charge in [0, 0.05) is 0 Å². The molecule has 0 spiro atoms. The number of H-pyrrole nitrogens is 1. The standard InChI is InChI=1S/C16H13N3O2S/c17-15(20)14-11-7-6-9-8-18-19-13(9)12(11)16(22-14)21-10-4-2-1-3-5-10/h1-5,8H,6-7H2,(H2,17,20)(H,18,19). The van der Waals surface area contributed by atoms with E-state index in [1.54, 1.807) is 0 Å². The molecule has 0 saturated heterocycles. The Bertz CT molecular complexity index is 852. The SMILES string of the molecule is NC(=O)c1sc(Oc2ccccc2)c2c1CCc1cn[nH]c1-2. The predicted molar refractivity (Wildman–Crippen MR) is 84.3 cm³/mol. The van der Waals surface area contributed by atoms with Crippen molar-refractivity contribution in [1.82, 2.24) is 10.2 Å². The Kier molecular flexibility index (Phi) is 2.97. The Hall–Kier alpha value is -2.60. The fourth-order valence-electron chi connectivity index (χ4n) is 2.78. The molecular weight excluding hydrogens is 298 g/mol. The molecule has 0 unspecified atom stereocenters. The summed E-state index contributed by atoms with van der Waals surface area (Å²) in [5.41, 5.74) is 9.47. The van der Waals surface area contributed by atoms with E-state index in [-0.39, 0.29) is 0 Å². The van der Waals surface area contributed by atoms with Crippen molar-refractivity contribution in [2.24, 2.45) is 5.73 Å². The van der Waals surface area contributed by atoms with Crippen LogP contribution in [0.3, 0.4) is 0 Å². The fourth-order valence-corrected chi connectivity index (χ4v) is 3.86. The number of thiophene rings is 1. The van der Waals surface area contributed by atoms with Crippen molar-refractivity contribution in [1.29, 1.82) is 0 Å². The number of rotatable bonds is 3. The van der Waals surface area contributed by atoms with E-state index in [2.05, 4.69) is 10.2 Å². The van der Waals surface area contributed by atoms with Gasteiger partial charge in [0.2, 0.25) is 0 Å². The number of aromatic amines is 1. The van der Waals surface area contributed by atoms with Gasteiger partial charge in [0.1, 0.15) is 5.75 Å². The lowest BCUT2D eigenvalue weighted by molar-refractivity contribution is 0.100. The Morgan fingerprint density at radius 2 is 2.09 bits per heavy atom. The number of fused-ring (bicyclic) bond motifs is 3. The maximum absolute atomic E-state index is 11.7. The second-order valence-corrected chi connectivity index (χ2v) is 6.10. The highest BCUT2D eigenvalue weighted by molar-refractivity contribution is 7.16. The maximum Gasteiger partial charge on any atom is 0.259 e. The van der Waals surface area contributed by atoms with Crippen LogP contribution in [0.25, 0.3) is 11.3 Å². The van der Waals surface area contributed by atoms with Gasteiger partial charge >= 0.3 is 0 Å². The van der Waals surface area contributed by atoms with E-state index in [9.17, 15) is 4.79 Å². The predicted octanol–water partition coefficient (Wildman–Crippen LogP) is 3.13. The molecule has 1 aliphatic rings. The molecule has 3 aromatic rings. The molecule has 2 aromatic heterocycles. The number of nitrogens with two attached hydrogens (primary N) is 1. The minimum absolute atomic E-state index is 0.410. The first-order valence-electron chi connectivity index (χ1n) is 6.95. The van der Waals surface area contributed by atoms with Crippen LogP contribution in [0.4, 0.5) is 0 Å². The molecule has 6 heteroatoms. The van der Waals surface area contributed by atoms with Gasteiger partial charge in [-0.3, -0.25) is 9.89 Å². The van der Waals surface area contributed by atoms with E-state index in [0.29, 0.717) is 9.94 Å². The van der Waals surface area contributed by atoms with Crippen LogP contribution in [0.15, 0.2) is 36.5 Å². The smallest absolute Gasteiger partial charge is 0.259 e. The van der Waals surface area contributed by atoms with Gasteiger partial charge in [0.05, 0.1) is 22.3 Å². The third-order valence-corrected chi connectivity index (χ3v) is 4.89. The number of aromatic nitrogens is 2. The highest BCUT2D eigenvalue weighted by Crippen LogP contribution is 2.47. The van der Waals surface area contributed by atoms with E-state index in [4.69, 9.17) is 10.5 Å². The summed E-state index contributed by atoms with van der Waals surface area (Å²) in [5, 5.41) is 7.81. The molecule has 0 aliphatic heterocycles. The van der Waals surface area contributed by atoms with Crippen LogP contribution in [0.5, 0.6) is 10.8 Å². The summed E-state index contributed by atoms with van der Waals surface area (Å²) >= 11 is 1.30. The van der Waals surface area contributed by atoms with Crippen LogP contribution in [0.2, 0.25) is 0 Å². The Labute approximate surface area is 130 Å². The molecule has 4 rings (SSSR count). The Morgan fingerprint density at radius 1 is 1.27 bits per heavy atom. The van der Waals surface area contributed by atoms with Crippen LogP contribution in [-0.4, -0.2) is 16.1 Å². The monoisotopic (exact) mass is 311 g/mol. The molecule has 3 N–H and O–H groups in total. The van der Waals surface area contributed by atoms with E-state index < -0.39 is 5.91 Å². The van der Waals surface area contributed by atoms with Crippen molar-refractivity contribution in [2.45, 2.75) is 12.8 Å². The molecule has 0 atom stereocenters. The number of nitrogens with one attached hydrogen (secondary N) is 1. The van der Waals surface area contributed by atoms with Gasteiger partial charge in [0.15, 0.2) is 5.06 Å². The first-order valence-corrected chi connectivity index (χ1v) is 7.76. The van der Waals surface area contributed by atoms with E-state index in [0.717, 1.165) is 41.0 Å². The molecule has 0 bridgehead atoms. The first-order chi connectivity index (χ1) is 10.7. The summed E-state index contributed by atoms with van der Waals surface area (Å²) in [5.74, 6) is 0.321. The number of nitrogens with zero attached hydrogens (tertiary/aromatic N) is 1. The summed E-state index contributed by atoms with van der Waals surface area (Å²) in [6.07, 6.45) is 3.45. The second-order valence-electron chi connectivity index (χ2n) is 5.12. The van der Waals surface area contributed by atoms with Crippen molar-refractivity contribution in [2.75, 3.05) is 0 Å². The minimum Gasteiger partial charge on any atom is -0.446 e. The molecular formula is C16H13N3O2S. The van der Waals surface area contributed by atoms with Crippen LogP contribution < -0.4 is 10.5 Å². The van der Waals surface area contributed by atoms with Gasteiger partial charge in [-0.2, -0.15) is 5.10 Å². The summed E-state index contributed by atoms with van der Waals surface area (Å²) in [6, 6.07) is 9.51. The lowest BCUT2D eigenvalue weighted by Crippen LogP contribution is -2.13. The van der Waals surface area contributed by atoms with Crippen molar-refractivity contribution in [3.8, 4) is 22.1 Å². The number of para-hydroxylation sites is 1. The van der Waals surface area contributed by atoms with E-state index in [1.807, 2.05) is 36.5 Å². The molecule has 1 aromatic carbocycles. The lowest BCUT2D eigenvalue weighted by Gasteiger charge is -2.14. The zero-order chi connectivity index (χ0) is 15.1. The topological polar surface area (TPSA) is 81.0 Å². The number of carbonyl (C=O) groups excluding carboxylic acids is 1. The van der Waals surface area contributed by atoms with Crippen molar-refractivity contribution < 1.29 is 9.53 Å². The zero-order valence-corrected chi connectivity index (χ0v) is 12.4. The van der Waals surface area contributed by atoms with Crippen LogP contribution in [-0.2, 0) is 12.8 Å². The van der Waals surface area contributed by atoms with Gasteiger partial charge < -0.3 is 10.5 Å². The Morgan fingerprint density at radius 3 is 2.86 bits per heavy atom. The van der Waals surface area contributed by atoms with Crippen LogP contribution in [0, 0.1) is 0 Å². The van der Waals surface area contributed by atoms with Crippen molar-refractivity contribution in [3.63, 3.8) is 0 Å². The van der Waals surface area contributed by atoms with Crippen molar-refractivity contribution >= 4 is 17.2 Å². The number of hydrogen-bond donors (Lipinski definition) is 2. The molecule has 110 valence electrons. The first kappa shape index (κ1) is 13.1. The highest BCUT2D eigenvalue weighted by atomic mass is 32.1. The normalized spacial score (nSPS) is 12.5. The molecule has 0 fully saturated rings. The summed E-state index contributed by atoms with van der Waals surface area (Å²) in [7, 11) is 0. The molecule has 22 heavy (non-hydrogen) atoms. The van der Waals surface area contributed by atoms with Crippen molar-refractivity contribution in [3.05, 3.63) is 52.5 Å². The van der Waals surface area contributed by atoms with Gasteiger partial charge in [-0.25, -0.2) is 0 Å². The molecule has 0 saturated carbocycles. The number of carbonyl (C=O) groups is 1. The number of ether oxygens (including phenoxy) is 1. The van der Waals surface area contributed by atoms with Gasteiger partial charge in [-0.15, -0.1) is 0 Å². The number of aryl methyl sites for hydroxylation is 1. The summed E-state index contributed by atoms with van der Waals surface area (Å²) in [4.78, 5) is 12.3. The lowest BCUT2D eigenvalue weighted by atomic mass is 9.92. The fraction of sp³-hybridized carbons (Fsp3) is 0.125. The Balaban J connectivity index is 1.88.